The average molecular weight is 154 g/mol. The van der Waals surface area contributed by atoms with E-state index in [9.17, 15) is 0 Å². The van der Waals surface area contributed by atoms with Gasteiger partial charge in [-0.3, -0.25) is 0 Å². The van der Waals surface area contributed by atoms with Gasteiger partial charge in [-0.1, -0.05) is 0 Å². The van der Waals surface area contributed by atoms with Gasteiger partial charge in [0, 0.05) is 0 Å². The van der Waals surface area contributed by atoms with E-state index in [-0.39, 0.29) is 5.95 Å². The summed E-state index contributed by atoms with van der Waals surface area (Å²) in [5, 5.41) is 0. The smallest absolute Gasteiger partial charge is 0.242 e. The van der Waals surface area contributed by atoms with E-state index in [2.05, 4.69) is 9.97 Å². The molecule has 0 aromatic carbocycles. The molecule has 5 nitrogen and oxygen atoms in total. The fourth-order valence-corrected chi connectivity index (χ4v) is 0.732. The van der Waals surface area contributed by atoms with Crippen LogP contribution in [0.2, 0.25) is 0 Å². The Morgan fingerprint density at radius 2 is 1.91 bits per heavy atom. The molecule has 0 aliphatic rings. The molecule has 1 heterocycles. The molecule has 11 heavy (non-hydrogen) atoms. The molecule has 0 aliphatic carbocycles. The van der Waals surface area contributed by atoms with Crippen molar-refractivity contribution in [1.82, 2.24) is 9.97 Å². The van der Waals surface area contributed by atoms with Gasteiger partial charge >= 0.3 is 0 Å². The van der Waals surface area contributed by atoms with E-state index in [4.69, 9.17) is 16.2 Å². The molecule has 1 rings (SSSR count). The third kappa shape index (κ3) is 1.31. The van der Waals surface area contributed by atoms with Crippen LogP contribution in [0, 0.1) is 6.92 Å². The zero-order valence-corrected chi connectivity index (χ0v) is 6.46. The molecule has 0 unspecified atom stereocenters. The first-order valence-corrected chi connectivity index (χ1v) is 3.08. The first-order chi connectivity index (χ1) is 5.15. The van der Waals surface area contributed by atoms with Crippen LogP contribution in [0.3, 0.4) is 0 Å². The van der Waals surface area contributed by atoms with Gasteiger partial charge in [-0.2, -0.15) is 4.98 Å². The van der Waals surface area contributed by atoms with Gasteiger partial charge in [-0.25, -0.2) is 4.98 Å². The summed E-state index contributed by atoms with van der Waals surface area (Å²) in [6.07, 6.45) is 0. The van der Waals surface area contributed by atoms with Gasteiger partial charge in [0.05, 0.1) is 12.8 Å². The number of nitrogens with two attached hydrogens (primary N) is 2. The Bertz CT molecular complexity index is 274. The number of aromatic nitrogens is 2. The molecule has 0 aliphatic heterocycles. The standard InChI is InChI=1S/C6H10N4O/c1-3-4(7)5(11-2)10-6(8)9-3/h7H2,1-2H3,(H2,8,9,10). The third-order valence-electron chi connectivity index (χ3n) is 1.31. The van der Waals surface area contributed by atoms with Crippen LogP contribution < -0.4 is 16.2 Å². The number of hydrogen-bond acceptors (Lipinski definition) is 5. The maximum Gasteiger partial charge on any atom is 0.242 e. The normalized spacial score (nSPS) is 9.64. The number of nitrogens with zero attached hydrogens (tertiary/aromatic N) is 2. The number of ether oxygens (including phenoxy) is 1. The van der Waals surface area contributed by atoms with Crippen LogP contribution in [0.1, 0.15) is 5.69 Å². The van der Waals surface area contributed by atoms with Gasteiger partial charge in [-0.15, -0.1) is 0 Å². The van der Waals surface area contributed by atoms with Gasteiger partial charge in [-0.05, 0) is 6.92 Å². The average Bonchev–Trinajstić information content (AvgIpc) is 1.96. The van der Waals surface area contributed by atoms with Gasteiger partial charge < -0.3 is 16.2 Å². The number of hydrogen-bond donors (Lipinski definition) is 2. The molecular formula is C6H10N4O. The first kappa shape index (κ1) is 7.59. The second kappa shape index (κ2) is 2.61. The molecule has 0 saturated heterocycles. The first-order valence-electron chi connectivity index (χ1n) is 3.08. The molecule has 1 aromatic heterocycles. The topological polar surface area (TPSA) is 87.0 Å². The zero-order valence-electron chi connectivity index (χ0n) is 6.46. The summed E-state index contributed by atoms with van der Waals surface area (Å²) < 4.78 is 4.85. The number of nitrogen functional groups attached to an aromatic ring is 2. The Labute approximate surface area is 64.4 Å². The molecule has 0 saturated carbocycles. The molecule has 0 radical (unpaired) electrons. The van der Waals surface area contributed by atoms with E-state index in [0.29, 0.717) is 17.3 Å². The summed E-state index contributed by atoms with van der Waals surface area (Å²) in [4.78, 5) is 7.61. The maximum atomic E-state index is 5.56. The van der Waals surface area contributed by atoms with Crippen molar-refractivity contribution in [2.24, 2.45) is 0 Å². The van der Waals surface area contributed by atoms with E-state index in [1.54, 1.807) is 6.92 Å². The van der Waals surface area contributed by atoms with Crippen LogP contribution in [-0.2, 0) is 0 Å². The van der Waals surface area contributed by atoms with Crippen molar-refractivity contribution >= 4 is 11.6 Å². The van der Waals surface area contributed by atoms with Crippen LogP contribution in [0.25, 0.3) is 0 Å². The van der Waals surface area contributed by atoms with Crippen molar-refractivity contribution in [3.05, 3.63) is 5.69 Å². The van der Waals surface area contributed by atoms with Gasteiger partial charge in [0.1, 0.15) is 5.69 Å². The maximum absolute atomic E-state index is 5.56. The summed E-state index contributed by atoms with van der Waals surface area (Å²) in [6, 6.07) is 0. The molecule has 0 spiro atoms. The summed E-state index contributed by atoms with van der Waals surface area (Å²) in [5.74, 6) is 0.503. The van der Waals surface area contributed by atoms with Crippen LogP contribution in [0.4, 0.5) is 11.6 Å². The fraction of sp³-hybridized carbons (Fsp3) is 0.333. The van der Waals surface area contributed by atoms with Gasteiger partial charge in [0.2, 0.25) is 11.8 Å². The Morgan fingerprint density at radius 3 is 2.45 bits per heavy atom. The van der Waals surface area contributed by atoms with Crippen molar-refractivity contribution < 1.29 is 4.74 Å². The minimum Gasteiger partial charge on any atom is -0.479 e. The quantitative estimate of drug-likeness (QED) is 0.592. The SMILES string of the molecule is COc1nc(N)nc(C)c1N. The molecule has 4 N–H and O–H groups in total. The number of anilines is 2. The molecule has 0 fully saturated rings. The Hall–Kier alpha value is -1.52. The number of aryl methyl sites for hydroxylation is 1. The summed E-state index contributed by atoms with van der Waals surface area (Å²) >= 11 is 0. The molecule has 0 amide bonds. The van der Waals surface area contributed by atoms with Crippen molar-refractivity contribution in [2.75, 3.05) is 18.6 Å². The second-order valence-electron chi connectivity index (χ2n) is 2.09. The second-order valence-corrected chi connectivity index (χ2v) is 2.09. The van der Waals surface area contributed by atoms with E-state index in [1.807, 2.05) is 0 Å². The molecule has 0 bridgehead atoms. The highest BCUT2D eigenvalue weighted by molar-refractivity contribution is 5.53. The van der Waals surface area contributed by atoms with E-state index < -0.39 is 0 Å². The molecule has 1 aromatic rings. The number of methoxy groups -OCH3 is 1. The van der Waals surface area contributed by atoms with Crippen molar-refractivity contribution in [3.63, 3.8) is 0 Å². The van der Waals surface area contributed by atoms with Crippen molar-refractivity contribution in [3.8, 4) is 5.88 Å². The van der Waals surface area contributed by atoms with Crippen LogP contribution in [-0.4, -0.2) is 17.1 Å². The monoisotopic (exact) mass is 154 g/mol. The highest BCUT2D eigenvalue weighted by Gasteiger charge is 2.05. The fourth-order valence-electron chi connectivity index (χ4n) is 0.732. The summed E-state index contributed by atoms with van der Waals surface area (Å²) in [5.41, 5.74) is 12.0. The van der Waals surface area contributed by atoms with Crippen LogP contribution in [0.15, 0.2) is 0 Å². The highest BCUT2D eigenvalue weighted by atomic mass is 16.5. The molecule has 0 atom stereocenters. The van der Waals surface area contributed by atoms with Gasteiger partial charge in [0.25, 0.3) is 0 Å². The number of rotatable bonds is 1. The van der Waals surface area contributed by atoms with E-state index in [0.717, 1.165) is 0 Å². The molecule has 5 heteroatoms. The molecular weight excluding hydrogens is 144 g/mol. The lowest BCUT2D eigenvalue weighted by atomic mass is 10.4. The third-order valence-corrected chi connectivity index (χ3v) is 1.31. The van der Waals surface area contributed by atoms with Crippen LogP contribution in [0.5, 0.6) is 5.88 Å². The van der Waals surface area contributed by atoms with E-state index in [1.165, 1.54) is 7.11 Å². The largest absolute Gasteiger partial charge is 0.479 e. The van der Waals surface area contributed by atoms with E-state index >= 15 is 0 Å². The Kier molecular flexibility index (Phi) is 1.80. The van der Waals surface area contributed by atoms with Crippen molar-refractivity contribution in [2.45, 2.75) is 6.92 Å². The highest BCUT2D eigenvalue weighted by Crippen LogP contribution is 2.20. The summed E-state index contributed by atoms with van der Waals surface area (Å²) in [6.45, 7) is 1.75. The Balaban J connectivity index is 3.24. The zero-order chi connectivity index (χ0) is 8.43. The minimum absolute atomic E-state index is 0.175. The van der Waals surface area contributed by atoms with Crippen LogP contribution >= 0.6 is 0 Å². The van der Waals surface area contributed by atoms with Gasteiger partial charge in [0.15, 0.2) is 0 Å². The lowest BCUT2D eigenvalue weighted by Gasteiger charge is -2.05. The lowest BCUT2D eigenvalue weighted by Crippen LogP contribution is -2.04. The Morgan fingerprint density at radius 1 is 1.27 bits per heavy atom. The summed E-state index contributed by atoms with van der Waals surface area (Å²) in [7, 11) is 1.48. The lowest BCUT2D eigenvalue weighted by molar-refractivity contribution is 0.399. The minimum atomic E-state index is 0.175. The predicted molar refractivity (Wildman–Crippen MR) is 42.1 cm³/mol. The predicted octanol–water partition coefficient (Wildman–Crippen LogP) is -0.0420. The molecule has 60 valence electrons. The van der Waals surface area contributed by atoms with Crippen molar-refractivity contribution in [1.29, 1.82) is 0 Å².